The van der Waals surface area contributed by atoms with Crippen molar-refractivity contribution in [2.75, 3.05) is 6.26 Å². The zero-order valence-corrected chi connectivity index (χ0v) is 5.53. The highest BCUT2D eigenvalue weighted by molar-refractivity contribution is 8.01. The first-order chi connectivity index (χ1) is 3.27. The van der Waals surface area contributed by atoms with E-state index in [1.54, 1.807) is 11.8 Å². The first-order valence-corrected chi connectivity index (χ1v) is 3.51. The molecule has 0 aromatic rings. The fourth-order valence-corrected chi connectivity index (χ4v) is 0.607. The number of rotatable bonds is 2. The van der Waals surface area contributed by atoms with E-state index < -0.39 is 0 Å². The van der Waals surface area contributed by atoms with Crippen LogP contribution in [0.25, 0.3) is 0 Å². The zero-order valence-electron chi connectivity index (χ0n) is 4.72. The van der Waals surface area contributed by atoms with Crippen LogP contribution in [0.1, 0.15) is 6.92 Å². The summed E-state index contributed by atoms with van der Waals surface area (Å²) in [5.74, 6) is 0. The molecule has 0 saturated heterocycles. The summed E-state index contributed by atoms with van der Waals surface area (Å²) in [5, 5.41) is 1.99. The van der Waals surface area contributed by atoms with Crippen LogP contribution in [0.5, 0.6) is 0 Å². The first-order valence-electron chi connectivity index (χ1n) is 2.22. The third kappa shape index (κ3) is 6.05. The van der Waals surface area contributed by atoms with Gasteiger partial charge in [0.2, 0.25) is 0 Å². The number of hydrogen-bond donors (Lipinski definition) is 1. The van der Waals surface area contributed by atoms with Crippen molar-refractivity contribution < 1.29 is 0 Å². The lowest BCUT2D eigenvalue weighted by Gasteiger charge is -1.89. The maximum Gasteiger partial charge on any atom is 0.0202 e. The van der Waals surface area contributed by atoms with Gasteiger partial charge in [-0.1, -0.05) is 6.08 Å². The van der Waals surface area contributed by atoms with Gasteiger partial charge in [-0.25, -0.2) is 0 Å². The van der Waals surface area contributed by atoms with Crippen molar-refractivity contribution in [2.24, 2.45) is 5.73 Å². The minimum absolute atomic E-state index is 0.201. The minimum Gasteiger partial charge on any atom is -0.325 e. The van der Waals surface area contributed by atoms with Crippen LogP contribution in [-0.2, 0) is 0 Å². The van der Waals surface area contributed by atoms with Crippen molar-refractivity contribution in [3.63, 3.8) is 0 Å². The largest absolute Gasteiger partial charge is 0.325 e. The van der Waals surface area contributed by atoms with E-state index in [1.807, 2.05) is 24.7 Å². The summed E-state index contributed by atoms with van der Waals surface area (Å²) < 4.78 is 0. The van der Waals surface area contributed by atoms with Crippen molar-refractivity contribution >= 4 is 11.8 Å². The van der Waals surface area contributed by atoms with E-state index >= 15 is 0 Å². The third-order valence-corrected chi connectivity index (χ3v) is 0.948. The fourth-order valence-electron chi connectivity index (χ4n) is 0.202. The van der Waals surface area contributed by atoms with Crippen LogP contribution in [0.2, 0.25) is 0 Å². The van der Waals surface area contributed by atoms with E-state index in [-0.39, 0.29) is 6.04 Å². The van der Waals surface area contributed by atoms with Crippen LogP contribution in [0.4, 0.5) is 0 Å². The molecule has 1 atom stereocenters. The van der Waals surface area contributed by atoms with Gasteiger partial charge in [0.15, 0.2) is 0 Å². The van der Waals surface area contributed by atoms with Gasteiger partial charge >= 0.3 is 0 Å². The van der Waals surface area contributed by atoms with Crippen LogP contribution < -0.4 is 5.73 Å². The monoisotopic (exact) mass is 117 g/mol. The van der Waals surface area contributed by atoms with Crippen LogP contribution in [0, 0.1) is 0 Å². The molecule has 1 nitrogen and oxygen atoms in total. The molecule has 0 saturated carbocycles. The molecule has 0 spiro atoms. The molecule has 0 rings (SSSR count). The number of hydrogen-bond acceptors (Lipinski definition) is 2. The van der Waals surface area contributed by atoms with Crippen LogP contribution in [0.15, 0.2) is 11.5 Å². The van der Waals surface area contributed by atoms with E-state index in [4.69, 9.17) is 5.73 Å². The molecule has 0 aliphatic heterocycles. The predicted molar refractivity (Wildman–Crippen MR) is 36.3 cm³/mol. The topological polar surface area (TPSA) is 26.0 Å². The Morgan fingerprint density at radius 2 is 2.29 bits per heavy atom. The second-order valence-corrected chi connectivity index (χ2v) is 2.17. The lowest BCUT2D eigenvalue weighted by atomic mass is 10.4. The van der Waals surface area contributed by atoms with Gasteiger partial charge in [0, 0.05) is 6.04 Å². The SMILES string of the molecule is CS/C=C\C(C)N. The molecule has 2 N–H and O–H groups in total. The number of thioether (sulfide) groups is 1. The molecule has 0 bridgehead atoms. The average molecular weight is 117 g/mol. The maximum absolute atomic E-state index is 5.38. The average Bonchev–Trinajstić information content (AvgIpc) is 1.61. The van der Waals surface area contributed by atoms with E-state index in [0.717, 1.165) is 0 Å². The lowest BCUT2D eigenvalue weighted by Crippen LogP contribution is -2.09. The van der Waals surface area contributed by atoms with Crippen LogP contribution >= 0.6 is 11.8 Å². The maximum atomic E-state index is 5.38. The third-order valence-electron chi connectivity index (χ3n) is 0.518. The fraction of sp³-hybridized carbons (Fsp3) is 0.600. The smallest absolute Gasteiger partial charge is 0.0202 e. The Morgan fingerprint density at radius 3 is 2.43 bits per heavy atom. The molecule has 1 unspecified atom stereocenters. The van der Waals surface area contributed by atoms with Gasteiger partial charge in [-0.15, -0.1) is 11.8 Å². The Hall–Kier alpha value is 0.0500. The molecule has 0 aliphatic rings. The summed E-state index contributed by atoms with van der Waals surface area (Å²) >= 11 is 1.67. The highest BCUT2D eigenvalue weighted by Crippen LogP contribution is 1.93. The van der Waals surface area contributed by atoms with Crippen molar-refractivity contribution in [2.45, 2.75) is 13.0 Å². The summed E-state index contributed by atoms with van der Waals surface area (Å²) in [7, 11) is 0. The number of nitrogens with two attached hydrogens (primary N) is 1. The quantitative estimate of drug-likeness (QED) is 0.588. The van der Waals surface area contributed by atoms with E-state index in [1.165, 1.54) is 0 Å². The zero-order chi connectivity index (χ0) is 5.70. The highest BCUT2D eigenvalue weighted by Gasteiger charge is 1.78. The Morgan fingerprint density at radius 1 is 1.71 bits per heavy atom. The molecule has 0 fully saturated rings. The van der Waals surface area contributed by atoms with E-state index in [2.05, 4.69) is 0 Å². The lowest BCUT2D eigenvalue weighted by molar-refractivity contribution is 0.928. The molecular weight excluding hydrogens is 106 g/mol. The first kappa shape index (κ1) is 7.05. The summed E-state index contributed by atoms with van der Waals surface area (Å²) in [4.78, 5) is 0. The van der Waals surface area contributed by atoms with E-state index in [9.17, 15) is 0 Å². The van der Waals surface area contributed by atoms with Crippen LogP contribution in [0.3, 0.4) is 0 Å². The molecule has 7 heavy (non-hydrogen) atoms. The Balaban J connectivity index is 3.08. The molecular formula is C5H11NS. The van der Waals surface area contributed by atoms with Crippen molar-refractivity contribution in [3.05, 3.63) is 11.5 Å². The van der Waals surface area contributed by atoms with Gasteiger partial charge in [-0.05, 0) is 18.6 Å². The van der Waals surface area contributed by atoms with Crippen molar-refractivity contribution in [1.29, 1.82) is 0 Å². The van der Waals surface area contributed by atoms with Crippen LogP contribution in [-0.4, -0.2) is 12.3 Å². The summed E-state index contributed by atoms with van der Waals surface area (Å²) in [5.41, 5.74) is 5.38. The second-order valence-electron chi connectivity index (χ2n) is 1.42. The molecule has 0 heterocycles. The van der Waals surface area contributed by atoms with Gasteiger partial charge in [-0.2, -0.15) is 0 Å². The molecule has 0 aliphatic carbocycles. The van der Waals surface area contributed by atoms with Crippen molar-refractivity contribution in [1.82, 2.24) is 0 Å². The molecule has 42 valence electrons. The van der Waals surface area contributed by atoms with Crippen molar-refractivity contribution in [3.8, 4) is 0 Å². The van der Waals surface area contributed by atoms with Gasteiger partial charge < -0.3 is 5.73 Å². The standard InChI is InChI=1S/C5H11NS/c1-5(6)3-4-7-2/h3-5H,6H2,1-2H3/b4-3-. The Labute approximate surface area is 49.0 Å². The van der Waals surface area contributed by atoms with Gasteiger partial charge in [0.05, 0.1) is 0 Å². The van der Waals surface area contributed by atoms with Gasteiger partial charge in [0.25, 0.3) is 0 Å². The molecule has 0 aromatic carbocycles. The van der Waals surface area contributed by atoms with Gasteiger partial charge in [-0.3, -0.25) is 0 Å². The minimum atomic E-state index is 0.201. The Bertz CT molecular complexity index is 59.1. The molecule has 0 amide bonds. The van der Waals surface area contributed by atoms with Gasteiger partial charge in [0.1, 0.15) is 0 Å². The summed E-state index contributed by atoms with van der Waals surface area (Å²) in [6, 6.07) is 0.201. The highest BCUT2D eigenvalue weighted by atomic mass is 32.2. The molecule has 0 aromatic heterocycles. The second kappa shape index (κ2) is 4.22. The summed E-state index contributed by atoms with van der Waals surface area (Å²) in [6.45, 7) is 1.95. The van der Waals surface area contributed by atoms with E-state index in [0.29, 0.717) is 0 Å². The summed E-state index contributed by atoms with van der Waals surface area (Å²) in [6.07, 6.45) is 3.98. The predicted octanol–water partition coefficient (Wildman–Crippen LogP) is 1.21. The molecule has 0 radical (unpaired) electrons. The molecule has 2 heteroatoms. The Kier molecular flexibility index (Phi) is 4.25. The normalized spacial score (nSPS) is 15.3.